The van der Waals surface area contributed by atoms with Crippen molar-refractivity contribution in [3.63, 3.8) is 0 Å². The summed E-state index contributed by atoms with van der Waals surface area (Å²) in [6.07, 6.45) is 5.52. The molecule has 0 aromatic heterocycles. The van der Waals surface area contributed by atoms with Gasteiger partial charge < -0.3 is 4.84 Å². The van der Waals surface area contributed by atoms with Crippen LogP contribution in [-0.2, 0) is 30.5 Å². The van der Waals surface area contributed by atoms with Gasteiger partial charge in [-0.15, -0.1) is 0 Å². The van der Waals surface area contributed by atoms with Gasteiger partial charge in [-0.3, -0.25) is 0 Å². The monoisotopic (exact) mass is 291 g/mol. The Kier molecular flexibility index (Phi) is 4.38. The number of benzene rings is 2. The van der Waals surface area contributed by atoms with E-state index in [9.17, 15) is 0 Å². The second-order valence-corrected chi connectivity index (χ2v) is 5.76. The van der Waals surface area contributed by atoms with E-state index in [1.54, 1.807) is 0 Å². The van der Waals surface area contributed by atoms with Crippen LogP contribution < -0.4 is 0 Å². The molecule has 2 nitrogen and oxygen atoms in total. The lowest BCUT2D eigenvalue weighted by atomic mass is 9.92. The summed E-state index contributed by atoms with van der Waals surface area (Å²) in [5.74, 6) is 0. The first-order valence-corrected chi connectivity index (χ1v) is 7.77. The zero-order chi connectivity index (χ0) is 15.4. The largest absolute Gasteiger partial charge is 0.365 e. The Bertz CT molecular complexity index is 698. The van der Waals surface area contributed by atoms with Gasteiger partial charge in [0.25, 0.3) is 0 Å². The van der Waals surface area contributed by atoms with Crippen LogP contribution in [0.5, 0.6) is 0 Å². The van der Waals surface area contributed by atoms with E-state index in [4.69, 9.17) is 4.84 Å². The molecule has 4 aliphatic rings. The Morgan fingerprint density at radius 2 is 1.55 bits per heavy atom. The first-order chi connectivity index (χ1) is 10.8. The van der Waals surface area contributed by atoms with Crippen LogP contribution in [0.1, 0.15) is 34.7 Å². The van der Waals surface area contributed by atoms with Crippen LogP contribution in [0.4, 0.5) is 0 Å². The molecule has 0 atom stereocenters. The SMILES string of the molecule is C=CO/N=C(\C)c1cc2ccc1CCc1ccc(cc1)CC2. The van der Waals surface area contributed by atoms with Crippen molar-refractivity contribution < 1.29 is 4.84 Å². The van der Waals surface area contributed by atoms with Crippen molar-refractivity contribution in [1.82, 2.24) is 0 Å². The van der Waals surface area contributed by atoms with Gasteiger partial charge in [-0.25, -0.2) is 0 Å². The molecule has 0 radical (unpaired) electrons. The zero-order valence-corrected chi connectivity index (χ0v) is 13.0. The quantitative estimate of drug-likeness (QED) is 0.465. The highest BCUT2D eigenvalue weighted by Gasteiger charge is 2.10. The summed E-state index contributed by atoms with van der Waals surface area (Å²) in [6, 6.07) is 15.8. The van der Waals surface area contributed by atoms with E-state index >= 15 is 0 Å². The van der Waals surface area contributed by atoms with Gasteiger partial charge in [-0.2, -0.15) is 0 Å². The summed E-state index contributed by atoms with van der Waals surface area (Å²) in [7, 11) is 0. The molecule has 0 N–H and O–H groups in total. The minimum Gasteiger partial charge on any atom is -0.365 e. The van der Waals surface area contributed by atoms with Gasteiger partial charge in [0.2, 0.25) is 0 Å². The van der Waals surface area contributed by atoms with Crippen molar-refractivity contribution in [3.8, 4) is 0 Å². The third-order valence-electron chi connectivity index (χ3n) is 4.24. The van der Waals surface area contributed by atoms with Crippen LogP contribution in [0, 0.1) is 0 Å². The second-order valence-electron chi connectivity index (χ2n) is 5.76. The first-order valence-electron chi connectivity index (χ1n) is 7.77. The third-order valence-corrected chi connectivity index (χ3v) is 4.24. The van der Waals surface area contributed by atoms with Gasteiger partial charge in [0.1, 0.15) is 6.26 Å². The van der Waals surface area contributed by atoms with Crippen LogP contribution in [0.3, 0.4) is 0 Å². The van der Waals surface area contributed by atoms with Gasteiger partial charge >= 0.3 is 0 Å². The molecule has 0 aliphatic heterocycles. The average Bonchev–Trinajstić information content (AvgIpc) is 2.55. The fourth-order valence-corrected chi connectivity index (χ4v) is 2.94. The first kappa shape index (κ1) is 14.6. The maximum Gasteiger partial charge on any atom is 0.114 e. The topological polar surface area (TPSA) is 21.6 Å². The summed E-state index contributed by atoms with van der Waals surface area (Å²) in [5.41, 5.74) is 7.54. The molecule has 4 aliphatic carbocycles. The van der Waals surface area contributed by atoms with Crippen molar-refractivity contribution in [2.45, 2.75) is 32.6 Å². The Morgan fingerprint density at radius 1 is 0.955 bits per heavy atom. The molecule has 2 heteroatoms. The highest BCUT2D eigenvalue weighted by Crippen LogP contribution is 2.20. The van der Waals surface area contributed by atoms with E-state index in [1.807, 2.05) is 6.92 Å². The van der Waals surface area contributed by atoms with E-state index < -0.39 is 0 Å². The van der Waals surface area contributed by atoms with E-state index in [1.165, 1.54) is 34.1 Å². The number of rotatable bonds is 3. The average molecular weight is 291 g/mol. The number of hydrogen-bond acceptors (Lipinski definition) is 2. The molecule has 0 amide bonds. The molecule has 2 aromatic rings. The van der Waals surface area contributed by atoms with Gasteiger partial charge in [0.05, 0.1) is 5.71 Å². The van der Waals surface area contributed by atoms with Crippen LogP contribution in [-0.4, -0.2) is 5.71 Å². The fraction of sp³-hybridized carbons (Fsp3) is 0.250. The van der Waals surface area contributed by atoms with E-state index in [0.29, 0.717) is 0 Å². The molecule has 112 valence electrons. The minimum absolute atomic E-state index is 0.905. The maximum atomic E-state index is 5.01. The zero-order valence-electron chi connectivity index (χ0n) is 13.0. The van der Waals surface area contributed by atoms with Crippen molar-refractivity contribution >= 4 is 5.71 Å². The molecular formula is C20H21NO. The number of nitrogens with zero attached hydrogens (tertiary/aromatic N) is 1. The van der Waals surface area contributed by atoms with Crippen LogP contribution in [0.2, 0.25) is 0 Å². The third kappa shape index (κ3) is 3.28. The summed E-state index contributed by atoms with van der Waals surface area (Å²) >= 11 is 0. The molecule has 0 spiro atoms. The van der Waals surface area contributed by atoms with Gasteiger partial charge in [-0.05, 0) is 60.9 Å². The Balaban J connectivity index is 1.98. The van der Waals surface area contributed by atoms with E-state index in [0.717, 1.165) is 31.4 Å². The molecule has 6 rings (SSSR count). The summed E-state index contributed by atoms with van der Waals surface area (Å²) in [6.45, 7) is 5.53. The summed E-state index contributed by atoms with van der Waals surface area (Å²) in [5, 5.41) is 4.12. The second kappa shape index (κ2) is 6.61. The molecular weight excluding hydrogens is 270 g/mol. The molecule has 0 saturated heterocycles. The molecule has 2 aromatic carbocycles. The fourth-order valence-electron chi connectivity index (χ4n) is 2.94. The van der Waals surface area contributed by atoms with Crippen molar-refractivity contribution in [3.05, 3.63) is 83.1 Å². The molecule has 4 bridgehead atoms. The normalized spacial score (nSPS) is 14.3. The molecule has 0 saturated carbocycles. The lowest BCUT2D eigenvalue weighted by Gasteiger charge is -2.14. The summed E-state index contributed by atoms with van der Waals surface area (Å²) < 4.78 is 0. The smallest absolute Gasteiger partial charge is 0.114 e. The van der Waals surface area contributed by atoms with Crippen LogP contribution in [0.15, 0.2) is 60.5 Å². The molecule has 0 unspecified atom stereocenters. The lowest BCUT2D eigenvalue weighted by Crippen LogP contribution is -2.06. The minimum atomic E-state index is 0.905. The standard InChI is InChI=1S/C20H21NO/c1-3-22-21-15(2)20-14-18-9-8-16-4-6-17(7-5-16)10-12-19(20)13-11-18/h3-7,11,13-14H,1,8-10,12H2,2H3/b21-15+. The van der Waals surface area contributed by atoms with Crippen molar-refractivity contribution in [2.24, 2.45) is 5.16 Å². The number of aryl methyl sites for hydroxylation is 4. The molecule has 0 fully saturated rings. The highest BCUT2D eigenvalue weighted by molar-refractivity contribution is 5.99. The number of hydrogen-bond donors (Lipinski definition) is 0. The van der Waals surface area contributed by atoms with Crippen LogP contribution in [0.25, 0.3) is 0 Å². The van der Waals surface area contributed by atoms with Crippen LogP contribution >= 0.6 is 0 Å². The predicted octanol–water partition coefficient (Wildman–Crippen LogP) is 4.45. The Labute approximate surface area is 132 Å². The molecule has 22 heavy (non-hydrogen) atoms. The van der Waals surface area contributed by atoms with E-state index in [-0.39, 0.29) is 0 Å². The van der Waals surface area contributed by atoms with Gasteiger partial charge in [-0.1, -0.05) is 48.1 Å². The van der Waals surface area contributed by atoms with Crippen molar-refractivity contribution in [1.29, 1.82) is 0 Å². The van der Waals surface area contributed by atoms with Crippen molar-refractivity contribution in [2.75, 3.05) is 0 Å². The highest BCUT2D eigenvalue weighted by atomic mass is 16.6. The lowest BCUT2D eigenvalue weighted by molar-refractivity contribution is 0.269. The van der Waals surface area contributed by atoms with Gasteiger partial charge in [0, 0.05) is 5.56 Å². The summed E-state index contributed by atoms with van der Waals surface area (Å²) in [4.78, 5) is 5.01. The van der Waals surface area contributed by atoms with Gasteiger partial charge in [0.15, 0.2) is 0 Å². The predicted molar refractivity (Wildman–Crippen MR) is 91.2 cm³/mol. The van der Waals surface area contributed by atoms with E-state index in [2.05, 4.69) is 54.2 Å². The molecule has 0 heterocycles. The number of oxime groups is 1. The maximum absolute atomic E-state index is 5.01. The Hall–Kier alpha value is -2.35. The Morgan fingerprint density at radius 3 is 2.23 bits per heavy atom.